The molecule has 0 aliphatic carbocycles. The van der Waals surface area contributed by atoms with Gasteiger partial charge in [-0.15, -0.1) is 0 Å². The van der Waals surface area contributed by atoms with Crippen LogP contribution < -0.4 is 10.5 Å². The monoisotopic (exact) mass is 240 g/mol. The molecule has 0 amide bonds. The maximum absolute atomic E-state index is 11.7. The molecule has 1 aromatic heterocycles. The van der Waals surface area contributed by atoms with Crippen molar-refractivity contribution in [2.45, 2.75) is 19.8 Å². The van der Waals surface area contributed by atoms with E-state index in [1.807, 2.05) is 0 Å². The molecule has 0 aliphatic heterocycles. The molecule has 94 valence electrons. The number of aromatic nitrogens is 1. The third-order valence-corrected chi connectivity index (χ3v) is 2.32. The number of rotatable bonds is 4. The zero-order chi connectivity index (χ0) is 13.0. The maximum Gasteiger partial charge on any atom is 0.343 e. The molecule has 6 nitrogen and oxygen atoms in total. The summed E-state index contributed by atoms with van der Waals surface area (Å²) in [5, 5.41) is 0. The average molecular weight is 240 g/mol. The van der Waals surface area contributed by atoms with Crippen LogP contribution in [0.4, 0.5) is 6.01 Å². The van der Waals surface area contributed by atoms with Gasteiger partial charge in [0.05, 0.1) is 18.4 Å². The van der Waals surface area contributed by atoms with Crippen molar-refractivity contribution >= 4 is 12.0 Å². The van der Waals surface area contributed by atoms with Crippen LogP contribution in [0.5, 0.6) is 0 Å². The Labute approximate surface area is 99.2 Å². The van der Waals surface area contributed by atoms with Gasteiger partial charge in [-0.2, -0.15) is 0 Å². The van der Waals surface area contributed by atoms with Crippen molar-refractivity contribution in [3.63, 3.8) is 0 Å². The van der Waals surface area contributed by atoms with Gasteiger partial charge in [0.2, 0.25) is 0 Å². The molecule has 0 aliphatic rings. The van der Waals surface area contributed by atoms with Crippen molar-refractivity contribution in [3.05, 3.63) is 21.7 Å². The molecule has 1 heterocycles. The molecule has 0 saturated carbocycles. The Bertz CT molecular complexity index is 465. The van der Waals surface area contributed by atoms with Gasteiger partial charge in [0.25, 0.3) is 6.01 Å². The lowest BCUT2D eigenvalue weighted by atomic mass is 10.1. The number of hydrogen-bond donors (Lipinski definition) is 0. The maximum atomic E-state index is 11.7. The second kappa shape index (κ2) is 5.47. The molecule has 0 aromatic carbocycles. The van der Waals surface area contributed by atoms with Crippen LogP contribution in [-0.2, 0) is 16.0 Å². The van der Waals surface area contributed by atoms with Crippen molar-refractivity contribution in [3.8, 4) is 0 Å². The number of esters is 1. The highest BCUT2D eigenvalue weighted by molar-refractivity contribution is 5.69. The summed E-state index contributed by atoms with van der Waals surface area (Å²) in [4.78, 5) is 28.4. The Morgan fingerprint density at radius 2 is 2.12 bits per heavy atom. The third kappa shape index (κ3) is 3.30. The van der Waals surface area contributed by atoms with E-state index in [2.05, 4.69) is 9.72 Å². The fourth-order valence-electron chi connectivity index (χ4n) is 1.33. The number of carbonyl (C=O) groups excluding carboxylic acids is 1. The quantitative estimate of drug-likeness (QED) is 0.714. The number of ether oxygens (including phenoxy) is 1. The van der Waals surface area contributed by atoms with Gasteiger partial charge in [-0.3, -0.25) is 4.79 Å². The van der Waals surface area contributed by atoms with Crippen LogP contribution in [0.15, 0.2) is 9.21 Å². The highest BCUT2D eigenvalue weighted by atomic mass is 16.5. The Kier molecular flexibility index (Phi) is 4.25. The molecule has 0 N–H and O–H groups in total. The summed E-state index contributed by atoms with van der Waals surface area (Å²) in [6.45, 7) is 1.72. The van der Waals surface area contributed by atoms with Crippen molar-refractivity contribution in [2.75, 3.05) is 26.1 Å². The minimum Gasteiger partial charge on any atom is -0.469 e. The number of carbonyl (C=O) groups is 1. The van der Waals surface area contributed by atoms with E-state index in [1.165, 1.54) is 7.11 Å². The van der Waals surface area contributed by atoms with Crippen LogP contribution in [0.25, 0.3) is 0 Å². The van der Waals surface area contributed by atoms with Crippen LogP contribution in [0.1, 0.15) is 17.7 Å². The second-order valence-electron chi connectivity index (χ2n) is 3.82. The molecule has 1 rings (SSSR count). The molecule has 6 heteroatoms. The standard InChI is InChI=1S/C11H16N2O4/c1-7-8(5-6-9(14)16-4)10(15)17-11(12-7)13(2)3/h5-6H2,1-4H3. The smallest absolute Gasteiger partial charge is 0.343 e. The van der Waals surface area contributed by atoms with Gasteiger partial charge in [0.1, 0.15) is 0 Å². The van der Waals surface area contributed by atoms with Crippen molar-refractivity contribution in [1.82, 2.24) is 4.98 Å². The van der Waals surface area contributed by atoms with Gasteiger partial charge >= 0.3 is 11.6 Å². The molecule has 0 spiro atoms. The predicted molar refractivity (Wildman–Crippen MR) is 62.2 cm³/mol. The van der Waals surface area contributed by atoms with E-state index >= 15 is 0 Å². The topological polar surface area (TPSA) is 72.6 Å². The fourth-order valence-corrected chi connectivity index (χ4v) is 1.33. The zero-order valence-electron chi connectivity index (χ0n) is 10.4. The van der Waals surface area contributed by atoms with Gasteiger partial charge < -0.3 is 14.1 Å². The van der Waals surface area contributed by atoms with Crippen molar-refractivity contribution < 1.29 is 13.9 Å². The van der Waals surface area contributed by atoms with E-state index in [0.29, 0.717) is 11.3 Å². The van der Waals surface area contributed by atoms with E-state index in [0.717, 1.165) is 0 Å². The van der Waals surface area contributed by atoms with Crippen LogP contribution in [0, 0.1) is 6.92 Å². The van der Waals surface area contributed by atoms with Gasteiger partial charge in [-0.25, -0.2) is 9.78 Å². The number of anilines is 1. The predicted octanol–water partition coefficient (Wildman–Crippen LogP) is 0.515. The molecular formula is C11H16N2O4. The molecule has 0 bridgehead atoms. The summed E-state index contributed by atoms with van der Waals surface area (Å²) < 4.78 is 9.54. The Balaban J connectivity index is 2.94. The lowest BCUT2D eigenvalue weighted by Crippen LogP contribution is -2.19. The molecule has 0 fully saturated rings. The minimum atomic E-state index is -0.454. The van der Waals surface area contributed by atoms with Crippen molar-refractivity contribution in [2.24, 2.45) is 0 Å². The first-order valence-corrected chi connectivity index (χ1v) is 5.20. The molecule has 0 radical (unpaired) electrons. The summed E-state index contributed by atoms with van der Waals surface area (Å²) in [5.74, 6) is -0.361. The van der Waals surface area contributed by atoms with Crippen LogP contribution in [0.2, 0.25) is 0 Å². The molecule has 0 unspecified atom stereocenters. The number of nitrogens with zero attached hydrogens (tertiary/aromatic N) is 2. The highest BCUT2D eigenvalue weighted by Crippen LogP contribution is 2.09. The lowest BCUT2D eigenvalue weighted by molar-refractivity contribution is -0.140. The first-order valence-electron chi connectivity index (χ1n) is 5.20. The van der Waals surface area contributed by atoms with Crippen LogP contribution >= 0.6 is 0 Å². The van der Waals surface area contributed by atoms with Gasteiger partial charge in [-0.05, 0) is 13.3 Å². The minimum absolute atomic E-state index is 0.144. The first kappa shape index (κ1) is 13.2. The van der Waals surface area contributed by atoms with Gasteiger partial charge in [0.15, 0.2) is 0 Å². The third-order valence-electron chi connectivity index (χ3n) is 2.32. The first-order chi connectivity index (χ1) is 7.95. The van der Waals surface area contributed by atoms with E-state index in [-0.39, 0.29) is 24.8 Å². The summed E-state index contributed by atoms with van der Waals surface area (Å²) in [6, 6.07) is 0.259. The summed E-state index contributed by atoms with van der Waals surface area (Å²) in [7, 11) is 4.78. The number of methoxy groups -OCH3 is 1. The Morgan fingerprint density at radius 3 is 2.59 bits per heavy atom. The van der Waals surface area contributed by atoms with Gasteiger partial charge in [-0.1, -0.05) is 0 Å². The molecule has 0 atom stereocenters. The molecular weight excluding hydrogens is 224 g/mol. The summed E-state index contributed by atoms with van der Waals surface area (Å²) >= 11 is 0. The van der Waals surface area contributed by atoms with Crippen molar-refractivity contribution in [1.29, 1.82) is 0 Å². The normalized spacial score (nSPS) is 10.1. The lowest BCUT2D eigenvalue weighted by Gasteiger charge is -2.10. The fraction of sp³-hybridized carbons (Fsp3) is 0.545. The van der Waals surface area contributed by atoms with Gasteiger partial charge in [0, 0.05) is 20.5 Å². The number of aryl methyl sites for hydroxylation is 1. The molecule has 0 saturated heterocycles. The molecule has 1 aromatic rings. The number of hydrogen-bond acceptors (Lipinski definition) is 6. The van der Waals surface area contributed by atoms with E-state index in [1.54, 1.807) is 25.9 Å². The highest BCUT2D eigenvalue weighted by Gasteiger charge is 2.13. The summed E-state index contributed by atoms with van der Waals surface area (Å²) in [5.41, 5.74) is 0.542. The largest absolute Gasteiger partial charge is 0.469 e. The Hall–Kier alpha value is -1.85. The zero-order valence-corrected chi connectivity index (χ0v) is 10.4. The van der Waals surface area contributed by atoms with E-state index < -0.39 is 5.63 Å². The van der Waals surface area contributed by atoms with E-state index in [4.69, 9.17) is 4.42 Å². The second-order valence-corrected chi connectivity index (χ2v) is 3.82. The SMILES string of the molecule is COC(=O)CCc1c(C)nc(N(C)C)oc1=O. The Morgan fingerprint density at radius 1 is 1.47 bits per heavy atom. The average Bonchev–Trinajstić information content (AvgIpc) is 2.27. The summed E-state index contributed by atoms with van der Waals surface area (Å²) in [6.07, 6.45) is 0.423. The van der Waals surface area contributed by atoms with E-state index in [9.17, 15) is 9.59 Å². The van der Waals surface area contributed by atoms with Crippen LogP contribution in [-0.4, -0.2) is 32.2 Å². The van der Waals surface area contributed by atoms with Crippen LogP contribution in [0.3, 0.4) is 0 Å². The molecule has 17 heavy (non-hydrogen) atoms.